The van der Waals surface area contributed by atoms with E-state index in [9.17, 15) is 22.8 Å². The predicted molar refractivity (Wildman–Crippen MR) is 99.1 cm³/mol. The van der Waals surface area contributed by atoms with Gasteiger partial charge in [-0.25, -0.2) is 4.68 Å². The summed E-state index contributed by atoms with van der Waals surface area (Å²) < 4.78 is 41.0. The number of nitrogens with zero attached hydrogens (tertiary/aromatic N) is 2. The monoisotopic (exact) mass is 396 g/mol. The number of anilines is 1. The number of rotatable bonds is 8. The van der Waals surface area contributed by atoms with Crippen LogP contribution < -0.4 is 10.6 Å². The lowest BCUT2D eigenvalue weighted by molar-refractivity contribution is -0.137. The van der Waals surface area contributed by atoms with Crippen molar-refractivity contribution in [2.45, 2.75) is 45.7 Å². The van der Waals surface area contributed by atoms with Gasteiger partial charge in [-0.2, -0.15) is 18.3 Å². The van der Waals surface area contributed by atoms with E-state index in [1.165, 1.54) is 31.2 Å². The van der Waals surface area contributed by atoms with Gasteiger partial charge >= 0.3 is 6.18 Å². The topological polar surface area (TPSA) is 76.0 Å². The van der Waals surface area contributed by atoms with E-state index in [1.54, 1.807) is 6.92 Å². The molecule has 0 radical (unpaired) electrons. The first-order chi connectivity index (χ1) is 13.2. The first-order valence-corrected chi connectivity index (χ1v) is 8.96. The maximum absolute atomic E-state index is 13.3. The fourth-order valence-corrected chi connectivity index (χ4v) is 2.73. The average Bonchev–Trinajstić information content (AvgIpc) is 2.97. The number of unbranched alkanes of at least 4 members (excludes halogenated alkanes) is 2. The normalized spacial score (nSPS) is 11.3. The van der Waals surface area contributed by atoms with E-state index in [0.29, 0.717) is 18.7 Å². The number of alkyl halides is 3. The molecule has 6 nitrogen and oxygen atoms in total. The molecule has 0 unspecified atom stereocenters. The molecule has 0 atom stereocenters. The van der Waals surface area contributed by atoms with Crippen molar-refractivity contribution in [1.29, 1.82) is 0 Å². The Bertz CT molecular complexity index is 831. The molecule has 0 saturated heterocycles. The molecule has 2 N–H and O–H groups in total. The minimum absolute atomic E-state index is 0.0967. The van der Waals surface area contributed by atoms with Gasteiger partial charge in [0.05, 0.1) is 16.9 Å². The number of carbonyl (C=O) groups excluding carboxylic acids is 2. The largest absolute Gasteiger partial charge is 0.418 e. The van der Waals surface area contributed by atoms with Gasteiger partial charge in [0.15, 0.2) is 0 Å². The molecule has 152 valence electrons. The number of aryl methyl sites for hydroxylation is 1. The molecular formula is C19H23F3N4O2. The minimum Gasteiger partial charge on any atom is -0.356 e. The molecule has 1 aromatic heterocycles. The highest BCUT2D eigenvalue weighted by Gasteiger charge is 2.34. The number of benzene rings is 1. The van der Waals surface area contributed by atoms with Crippen LogP contribution in [0.5, 0.6) is 0 Å². The van der Waals surface area contributed by atoms with Crippen molar-refractivity contribution in [3.63, 3.8) is 0 Å². The van der Waals surface area contributed by atoms with Crippen LogP contribution in [-0.2, 0) is 15.8 Å². The number of para-hydroxylation sites is 1. The molecule has 9 heteroatoms. The summed E-state index contributed by atoms with van der Waals surface area (Å²) in [7, 11) is 0. The molecule has 2 amide bonds. The number of carbonyl (C=O) groups is 2. The Hall–Kier alpha value is -2.84. The van der Waals surface area contributed by atoms with Crippen molar-refractivity contribution in [2.75, 3.05) is 11.9 Å². The minimum atomic E-state index is -4.54. The quantitative estimate of drug-likeness (QED) is 0.666. The molecule has 0 aliphatic rings. The number of aromatic nitrogens is 2. The second-order valence-electron chi connectivity index (χ2n) is 6.44. The Balaban J connectivity index is 2.03. The molecule has 0 bridgehead atoms. The Morgan fingerprint density at radius 2 is 1.86 bits per heavy atom. The van der Waals surface area contributed by atoms with Gasteiger partial charge in [0.2, 0.25) is 11.8 Å². The van der Waals surface area contributed by atoms with Crippen LogP contribution >= 0.6 is 0 Å². The summed E-state index contributed by atoms with van der Waals surface area (Å²) in [6.07, 6.45) is -2.19. The van der Waals surface area contributed by atoms with E-state index >= 15 is 0 Å². The van der Waals surface area contributed by atoms with E-state index in [0.717, 1.165) is 23.6 Å². The predicted octanol–water partition coefficient (Wildman–Crippen LogP) is 3.83. The van der Waals surface area contributed by atoms with E-state index in [1.807, 2.05) is 0 Å². The fourth-order valence-electron chi connectivity index (χ4n) is 2.73. The summed E-state index contributed by atoms with van der Waals surface area (Å²) in [5.41, 5.74) is -0.483. The second kappa shape index (κ2) is 9.38. The second-order valence-corrected chi connectivity index (χ2v) is 6.44. The first-order valence-electron chi connectivity index (χ1n) is 8.96. The fraction of sp³-hybridized carbons (Fsp3) is 0.421. The first kappa shape index (κ1) is 21.5. The summed E-state index contributed by atoms with van der Waals surface area (Å²) in [5, 5.41) is 9.43. The third-order valence-corrected chi connectivity index (χ3v) is 3.99. The Morgan fingerprint density at radius 1 is 1.14 bits per heavy atom. The van der Waals surface area contributed by atoms with Gasteiger partial charge in [-0.1, -0.05) is 18.6 Å². The van der Waals surface area contributed by atoms with E-state index in [-0.39, 0.29) is 29.7 Å². The van der Waals surface area contributed by atoms with Crippen LogP contribution in [0.25, 0.3) is 5.69 Å². The van der Waals surface area contributed by atoms with Crippen molar-refractivity contribution in [3.8, 4) is 5.69 Å². The molecule has 0 spiro atoms. The lowest BCUT2D eigenvalue weighted by Gasteiger charge is -2.15. The summed E-state index contributed by atoms with van der Waals surface area (Å²) in [6, 6.07) is 6.62. The number of hydrogen-bond donors (Lipinski definition) is 2. The van der Waals surface area contributed by atoms with Crippen LogP contribution in [-0.4, -0.2) is 28.1 Å². The molecule has 1 aromatic carbocycles. The Kier molecular flexibility index (Phi) is 7.19. The number of hydrogen-bond acceptors (Lipinski definition) is 3. The highest BCUT2D eigenvalue weighted by Crippen LogP contribution is 2.34. The zero-order valence-electron chi connectivity index (χ0n) is 15.8. The molecule has 2 rings (SSSR count). The molecule has 0 aliphatic carbocycles. The van der Waals surface area contributed by atoms with E-state index in [4.69, 9.17) is 0 Å². The Labute approximate surface area is 161 Å². The Morgan fingerprint density at radius 3 is 2.54 bits per heavy atom. The highest BCUT2D eigenvalue weighted by molar-refractivity contribution is 5.90. The van der Waals surface area contributed by atoms with Crippen LogP contribution in [0.3, 0.4) is 0 Å². The van der Waals surface area contributed by atoms with Crippen molar-refractivity contribution in [1.82, 2.24) is 15.1 Å². The smallest absolute Gasteiger partial charge is 0.356 e. The zero-order valence-corrected chi connectivity index (χ0v) is 15.8. The van der Waals surface area contributed by atoms with Crippen molar-refractivity contribution < 1.29 is 22.8 Å². The van der Waals surface area contributed by atoms with Crippen LogP contribution in [0, 0.1) is 6.92 Å². The average molecular weight is 396 g/mol. The lowest BCUT2D eigenvalue weighted by atomic mass is 10.1. The number of halogens is 3. The lowest BCUT2D eigenvalue weighted by Crippen LogP contribution is -2.21. The highest BCUT2D eigenvalue weighted by atomic mass is 19.4. The maximum atomic E-state index is 13.3. The SMILES string of the molecule is CC(=O)NCCCCCC(=O)Nc1cc(C)nn1-c1ccccc1C(F)(F)F. The zero-order chi connectivity index (χ0) is 20.7. The number of amides is 2. The van der Waals surface area contributed by atoms with Gasteiger partial charge in [-0.15, -0.1) is 0 Å². The van der Waals surface area contributed by atoms with Gasteiger partial charge in [-0.05, 0) is 31.9 Å². The standard InChI is InChI=1S/C19H23F3N4O2/c1-13-12-17(24-18(28)10-4-3-7-11-23-14(2)27)26(25-13)16-9-6-5-8-15(16)19(20,21)22/h5-6,8-9,12H,3-4,7,10-11H2,1-2H3,(H,23,27)(H,24,28). The van der Waals surface area contributed by atoms with E-state index in [2.05, 4.69) is 15.7 Å². The third-order valence-electron chi connectivity index (χ3n) is 3.99. The van der Waals surface area contributed by atoms with Gasteiger partial charge < -0.3 is 10.6 Å². The summed E-state index contributed by atoms with van der Waals surface area (Å²) in [5.74, 6) is -0.205. The van der Waals surface area contributed by atoms with Crippen LogP contribution in [0.15, 0.2) is 30.3 Å². The molecule has 2 aromatic rings. The number of nitrogens with one attached hydrogen (secondary N) is 2. The molecule has 0 aliphatic heterocycles. The van der Waals surface area contributed by atoms with Gasteiger partial charge in [0.25, 0.3) is 0 Å². The summed E-state index contributed by atoms with van der Waals surface area (Å²) >= 11 is 0. The van der Waals surface area contributed by atoms with Gasteiger partial charge in [0.1, 0.15) is 5.82 Å². The van der Waals surface area contributed by atoms with Crippen LogP contribution in [0.1, 0.15) is 43.9 Å². The summed E-state index contributed by atoms with van der Waals surface area (Å²) in [6.45, 7) is 3.64. The van der Waals surface area contributed by atoms with Crippen molar-refractivity contribution in [2.24, 2.45) is 0 Å². The third kappa shape index (κ3) is 6.11. The molecule has 0 fully saturated rings. The van der Waals surface area contributed by atoms with Crippen molar-refractivity contribution >= 4 is 17.6 Å². The molecular weight excluding hydrogens is 373 g/mol. The molecule has 0 saturated carbocycles. The van der Waals surface area contributed by atoms with Crippen LogP contribution in [0.4, 0.5) is 19.0 Å². The van der Waals surface area contributed by atoms with E-state index < -0.39 is 11.7 Å². The van der Waals surface area contributed by atoms with Gasteiger partial charge in [-0.3, -0.25) is 9.59 Å². The van der Waals surface area contributed by atoms with Crippen molar-refractivity contribution in [3.05, 3.63) is 41.6 Å². The van der Waals surface area contributed by atoms with Gasteiger partial charge in [0, 0.05) is 26.0 Å². The maximum Gasteiger partial charge on any atom is 0.418 e. The molecule has 1 heterocycles. The van der Waals surface area contributed by atoms with Crippen LogP contribution in [0.2, 0.25) is 0 Å². The molecule has 28 heavy (non-hydrogen) atoms. The summed E-state index contributed by atoms with van der Waals surface area (Å²) in [4.78, 5) is 23.0.